The van der Waals surface area contributed by atoms with Gasteiger partial charge in [-0.25, -0.2) is 4.98 Å². The average molecular weight is 308 g/mol. The van der Waals surface area contributed by atoms with E-state index in [4.69, 9.17) is 5.73 Å². The van der Waals surface area contributed by atoms with Crippen molar-refractivity contribution in [2.75, 3.05) is 0 Å². The van der Waals surface area contributed by atoms with Crippen LogP contribution in [0.3, 0.4) is 0 Å². The third-order valence-corrected chi connectivity index (χ3v) is 3.55. The first-order valence-electron chi connectivity index (χ1n) is 6.16. The summed E-state index contributed by atoms with van der Waals surface area (Å²) < 4.78 is 3.21. The number of aromatic nitrogens is 2. The molecule has 3 nitrogen and oxygen atoms in total. The number of rotatable bonds is 4. The maximum absolute atomic E-state index is 6.34. The van der Waals surface area contributed by atoms with Gasteiger partial charge in [0.05, 0.1) is 6.04 Å². The van der Waals surface area contributed by atoms with Gasteiger partial charge < -0.3 is 10.3 Å². The summed E-state index contributed by atoms with van der Waals surface area (Å²) in [4.78, 5) is 4.40. The largest absolute Gasteiger partial charge is 0.333 e. The topological polar surface area (TPSA) is 43.8 Å². The van der Waals surface area contributed by atoms with Crippen LogP contribution in [0, 0.1) is 6.92 Å². The number of aryl methyl sites for hydroxylation is 2. The number of imidazole rings is 1. The number of nitrogens with zero attached hydrogens (tertiary/aromatic N) is 2. The molecule has 0 radical (unpaired) electrons. The third kappa shape index (κ3) is 2.65. The fourth-order valence-corrected chi connectivity index (χ4v) is 2.63. The first-order chi connectivity index (χ1) is 8.63. The maximum Gasteiger partial charge on any atom is 0.130 e. The van der Waals surface area contributed by atoms with Crippen LogP contribution >= 0.6 is 15.9 Å². The molecular weight excluding hydrogens is 290 g/mol. The molecule has 4 heteroatoms. The van der Waals surface area contributed by atoms with Crippen LogP contribution in [0.4, 0.5) is 0 Å². The highest BCUT2D eigenvalue weighted by atomic mass is 79.9. The second kappa shape index (κ2) is 5.67. The van der Waals surface area contributed by atoms with Gasteiger partial charge in [0.1, 0.15) is 5.82 Å². The van der Waals surface area contributed by atoms with Gasteiger partial charge in [-0.05, 0) is 36.6 Å². The summed E-state index contributed by atoms with van der Waals surface area (Å²) in [6.45, 7) is 5.19. The Morgan fingerprint density at radius 2 is 2.22 bits per heavy atom. The Bertz CT molecular complexity index is 534. The minimum atomic E-state index is -0.167. The van der Waals surface area contributed by atoms with Crippen LogP contribution in [0.25, 0.3) is 0 Å². The monoisotopic (exact) mass is 307 g/mol. The van der Waals surface area contributed by atoms with Crippen LogP contribution in [0.15, 0.2) is 35.1 Å². The smallest absolute Gasteiger partial charge is 0.130 e. The van der Waals surface area contributed by atoms with E-state index in [1.165, 1.54) is 5.56 Å². The number of hydrogen-bond acceptors (Lipinski definition) is 2. The van der Waals surface area contributed by atoms with Gasteiger partial charge in [-0.1, -0.05) is 28.9 Å². The molecule has 0 aliphatic heterocycles. The number of nitrogens with two attached hydrogens (primary N) is 1. The normalized spacial score (nSPS) is 12.7. The molecule has 1 heterocycles. The Morgan fingerprint density at radius 1 is 1.44 bits per heavy atom. The highest BCUT2D eigenvalue weighted by molar-refractivity contribution is 9.10. The Labute approximate surface area is 116 Å². The lowest BCUT2D eigenvalue weighted by Crippen LogP contribution is -2.18. The summed E-state index contributed by atoms with van der Waals surface area (Å²) in [5.41, 5.74) is 8.65. The second-order valence-corrected chi connectivity index (χ2v) is 5.37. The Balaban J connectivity index is 2.35. The number of benzene rings is 1. The summed E-state index contributed by atoms with van der Waals surface area (Å²) in [6.07, 6.45) is 4.89. The van der Waals surface area contributed by atoms with Gasteiger partial charge in [-0.2, -0.15) is 0 Å². The van der Waals surface area contributed by atoms with Gasteiger partial charge in [-0.15, -0.1) is 0 Å². The molecule has 18 heavy (non-hydrogen) atoms. The molecule has 0 amide bonds. The number of halogens is 1. The molecular formula is C14H18BrN3. The summed E-state index contributed by atoms with van der Waals surface area (Å²) >= 11 is 3.47. The highest BCUT2D eigenvalue weighted by Crippen LogP contribution is 2.24. The van der Waals surface area contributed by atoms with Crippen LogP contribution < -0.4 is 5.73 Å². The van der Waals surface area contributed by atoms with Crippen molar-refractivity contribution in [3.8, 4) is 0 Å². The molecule has 2 aromatic rings. The van der Waals surface area contributed by atoms with E-state index in [2.05, 4.69) is 51.5 Å². The van der Waals surface area contributed by atoms with Gasteiger partial charge >= 0.3 is 0 Å². The van der Waals surface area contributed by atoms with Crippen molar-refractivity contribution in [2.45, 2.75) is 32.9 Å². The van der Waals surface area contributed by atoms with E-state index < -0.39 is 0 Å². The second-order valence-electron chi connectivity index (χ2n) is 4.46. The summed E-state index contributed by atoms with van der Waals surface area (Å²) in [6, 6.07) is 6.01. The quantitative estimate of drug-likeness (QED) is 0.940. The van der Waals surface area contributed by atoms with Crippen LogP contribution in [0.2, 0.25) is 0 Å². The fourth-order valence-electron chi connectivity index (χ4n) is 2.16. The Kier molecular flexibility index (Phi) is 4.19. The molecule has 1 aromatic carbocycles. The van der Waals surface area contributed by atoms with E-state index in [0.29, 0.717) is 0 Å². The lowest BCUT2D eigenvalue weighted by Gasteiger charge is -2.16. The zero-order valence-corrected chi connectivity index (χ0v) is 12.3. The molecule has 1 unspecified atom stereocenters. The van der Waals surface area contributed by atoms with E-state index in [-0.39, 0.29) is 6.04 Å². The molecule has 1 aromatic heterocycles. The highest BCUT2D eigenvalue weighted by Gasteiger charge is 2.16. The molecule has 0 saturated carbocycles. The van der Waals surface area contributed by atoms with Crippen LogP contribution in [-0.4, -0.2) is 9.55 Å². The Morgan fingerprint density at radius 3 is 2.89 bits per heavy atom. The minimum Gasteiger partial charge on any atom is -0.333 e. The van der Waals surface area contributed by atoms with Crippen molar-refractivity contribution in [2.24, 2.45) is 5.73 Å². The van der Waals surface area contributed by atoms with Crippen LogP contribution in [-0.2, 0) is 6.54 Å². The molecule has 2 N–H and O–H groups in total. The predicted octanol–water partition coefficient (Wildman–Crippen LogP) is 3.41. The van der Waals surface area contributed by atoms with Crippen molar-refractivity contribution < 1.29 is 0 Å². The fraction of sp³-hybridized carbons (Fsp3) is 0.357. The molecule has 0 spiro atoms. The van der Waals surface area contributed by atoms with E-state index in [1.54, 1.807) is 0 Å². The van der Waals surface area contributed by atoms with Gasteiger partial charge in [0.2, 0.25) is 0 Å². The Hall–Kier alpha value is -1.13. The summed E-state index contributed by atoms with van der Waals surface area (Å²) in [5.74, 6) is 0.933. The van der Waals surface area contributed by atoms with Gasteiger partial charge in [0, 0.05) is 23.4 Å². The summed E-state index contributed by atoms with van der Waals surface area (Å²) in [7, 11) is 0. The van der Waals surface area contributed by atoms with Crippen molar-refractivity contribution >= 4 is 15.9 Å². The van der Waals surface area contributed by atoms with Crippen molar-refractivity contribution in [3.05, 3.63) is 52.0 Å². The molecule has 1 atom stereocenters. The maximum atomic E-state index is 6.34. The van der Waals surface area contributed by atoms with Crippen molar-refractivity contribution in [1.29, 1.82) is 0 Å². The predicted molar refractivity (Wildman–Crippen MR) is 77.4 cm³/mol. The molecule has 0 saturated heterocycles. The lowest BCUT2D eigenvalue weighted by atomic mass is 10.0. The van der Waals surface area contributed by atoms with E-state index in [1.807, 2.05) is 18.5 Å². The van der Waals surface area contributed by atoms with Gasteiger partial charge in [0.15, 0.2) is 0 Å². The average Bonchev–Trinajstić information content (AvgIpc) is 2.77. The molecule has 0 aliphatic carbocycles. The molecule has 96 valence electrons. The van der Waals surface area contributed by atoms with Crippen molar-refractivity contribution in [1.82, 2.24) is 9.55 Å². The molecule has 0 aliphatic rings. The van der Waals surface area contributed by atoms with Crippen LogP contribution in [0.1, 0.15) is 36.3 Å². The SMILES string of the molecule is CCCn1ccnc1C(N)c1ccc(Br)cc1C. The molecule has 2 rings (SSSR count). The van der Waals surface area contributed by atoms with E-state index >= 15 is 0 Å². The standard InChI is InChI=1S/C14H18BrN3/c1-3-7-18-8-6-17-14(18)13(16)12-5-4-11(15)9-10(12)2/h4-6,8-9,13H,3,7,16H2,1-2H3. The molecule has 0 fully saturated rings. The summed E-state index contributed by atoms with van der Waals surface area (Å²) in [5, 5.41) is 0. The van der Waals surface area contributed by atoms with E-state index in [0.717, 1.165) is 28.8 Å². The first-order valence-corrected chi connectivity index (χ1v) is 6.95. The zero-order valence-electron chi connectivity index (χ0n) is 10.7. The molecule has 0 bridgehead atoms. The van der Waals surface area contributed by atoms with Gasteiger partial charge in [-0.3, -0.25) is 0 Å². The first kappa shape index (κ1) is 13.3. The van der Waals surface area contributed by atoms with Crippen molar-refractivity contribution in [3.63, 3.8) is 0 Å². The zero-order chi connectivity index (χ0) is 13.1. The lowest BCUT2D eigenvalue weighted by molar-refractivity contribution is 0.612. The minimum absolute atomic E-state index is 0.167. The van der Waals surface area contributed by atoms with Crippen LogP contribution in [0.5, 0.6) is 0 Å². The van der Waals surface area contributed by atoms with E-state index in [9.17, 15) is 0 Å². The van der Waals surface area contributed by atoms with Gasteiger partial charge in [0.25, 0.3) is 0 Å². The number of hydrogen-bond donors (Lipinski definition) is 1. The third-order valence-electron chi connectivity index (χ3n) is 3.06.